The average Bonchev–Trinajstić information content (AvgIpc) is 2.86. The van der Waals surface area contributed by atoms with Crippen molar-refractivity contribution in [3.05, 3.63) is 0 Å². The summed E-state index contributed by atoms with van der Waals surface area (Å²) in [7, 11) is 0. The zero-order chi connectivity index (χ0) is 20.0. The van der Waals surface area contributed by atoms with E-state index in [0.717, 1.165) is 38.8 Å². The Balaban J connectivity index is 2.03. The van der Waals surface area contributed by atoms with Crippen molar-refractivity contribution < 1.29 is 19.5 Å². The van der Waals surface area contributed by atoms with E-state index in [1.165, 1.54) is 18.2 Å². The Morgan fingerprint density at radius 1 is 1.00 bits per heavy atom. The van der Waals surface area contributed by atoms with E-state index in [-0.39, 0.29) is 36.4 Å². The highest BCUT2D eigenvalue weighted by molar-refractivity contribution is 5.82. The van der Waals surface area contributed by atoms with Crippen LogP contribution >= 0.6 is 0 Å². The molecule has 2 unspecified atom stereocenters. The second kappa shape index (κ2) is 10.1. The van der Waals surface area contributed by atoms with E-state index in [9.17, 15) is 14.4 Å². The molecule has 2 aliphatic heterocycles. The van der Waals surface area contributed by atoms with E-state index >= 15 is 0 Å². The molecule has 2 aliphatic rings. The summed E-state index contributed by atoms with van der Waals surface area (Å²) >= 11 is 0. The Kier molecular flexibility index (Phi) is 8.07. The van der Waals surface area contributed by atoms with Gasteiger partial charge in [0.05, 0.1) is 6.04 Å². The largest absolute Gasteiger partial charge is 0.480 e. The molecule has 1 N–H and O–H groups in total. The number of carboxylic acid groups (broad SMARTS) is 1. The van der Waals surface area contributed by atoms with E-state index < -0.39 is 5.97 Å². The van der Waals surface area contributed by atoms with Gasteiger partial charge in [0, 0.05) is 26.1 Å². The highest BCUT2D eigenvalue weighted by Crippen LogP contribution is 2.23. The molecule has 7 nitrogen and oxygen atoms in total. The molecule has 2 atom stereocenters. The van der Waals surface area contributed by atoms with Gasteiger partial charge in [-0.2, -0.15) is 0 Å². The quantitative estimate of drug-likeness (QED) is 0.759. The fourth-order valence-corrected chi connectivity index (χ4v) is 4.50. The lowest BCUT2D eigenvalue weighted by molar-refractivity contribution is -0.145. The molecule has 2 saturated heterocycles. The number of hydrogen-bond donors (Lipinski definition) is 1. The van der Waals surface area contributed by atoms with Crippen LogP contribution in [0.4, 0.5) is 0 Å². The summed E-state index contributed by atoms with van der Waals surface area (Å²) in [6, 6.07) is -0.186. The Morgan fingerprint density at radius 2 is 1.67 bits per heavy atom. The Hall–Kier alpha value is -1.63. The van der Waals surface area contributed by atoms with E-state index in [0.29, 0.717) is 19.5 Å². The van der Waals surface area contributed by atoms with Crippen LogP contribution in [0.25, 0.3) is 0 Å². The van der Waals surface area contributed by atoms with Crippen LogP contribution in [0, 0.1) is 5.92 Å². The molecule has 0 spiro atoms. The third-order valence-corrected chi connectivity index (χ3v) is 5.83. The predicted octanol–water partition coefficient (Wildman–Crippen LogP) is 1.81. The number of likely N-dealkylation sites (tertiary alicyclic amines) is 2. The van der Waals surface area contributed by atoms with Crippen LogP contribution in [-0.4, -0.2) is 82.4 Å². The zero-order valence-electron chi connectivity index (χ0n) is 17.0. The maximum Gasteiger partial charge on any atom is 0.323 e. The first-order valence-corrected chi connectivity index (χ1v) is 10.3. The summed E-state index contributed by atoms with van der Waals surface area (Å²) in [5.74, 6) is -0.751. The van der Waals surface area contributed by atoms with E-state index in [4.69, 9.17) is 5.11 Å². The molecule has 27 heavy (non-hydrogen) atoms. The van der Waals surface area contributed by atoms with Gasteiger partial charge in [-0.15, -0.1) is 0 Å². The van der Waals surface area contributed by atoms with Crippen LogP contribution in [0.5, 0.6) is 0 Å². The van der Waals surface area contributed by atoms with Crippen LogP contribution in [-0.2, 0) is 14.4 Å². The van der Waals surface area contributed by atoms with Gasteiger partial charge in [0.2, 0.25) is 11.8 Å². The number of hydrogen-bond acceptors (Lipinski definition) is 4. The maximum absolute atomic E-state index is 13.3. The monoisotopic (exact) mass is 381 g/mol. The third-order valence-electron chi connectivity index (χ3n) is 5.83. The third kappa shape index (κ3) is 5.92. The Labute approximate surface area is 162 Å². The number of piperidine rings is 1. The second-order valence-corrected chi connectivity index (χ2v) is 8.24. The Morgan fingerprint density at radius 3 is 2.22 bits per heavy atom. The van der Waals surface area contributed by atoms with Gasteiger partial charge in [0.1, 0.15) is 6.54 Å². The number of carbonyl (C=O) groups is 3. The molecule has 0 radical (unpaired) electrons. The van der Waals surface area contributed by atoms with E-state index in [2.05, 4.69) is 18.7 Å². The first-order valence-electron chi connectivity index (χ1n) is 10.3. The molecule has 2 fully saturated rings. The number of carbonyl (C=O) groups excluding carboxylic acids is 2. The summed E-state index contributed by atoms with van der Waals surface area (Å²) in [5, 5.41) is 9.09. The topological polar surface area (TPSA) is 81.2 Å². The van der Waals surface area contributed by atoms with E-state index in [1.807, 2.05) is 4.90 Å². The smallest absolute Gasteiger partial charge is 0.323 e. The predicted molar refractivity (Wildman–Crippen MR) is 103 cm³/mol. The van der Waals surface area contributed by atoms with Gasteiger partial charge in [0.25, 0.3) is 0 Å². The molecule has 0 aliphatic carbocycles. The summed E-state index contributed by atoms with van der Waals surface area (Å²) in [4.78, 5) is 42.0. The lowest BCUT2D eigenvalue weighted by Crippen LogP contribution is -2.53. The van der Waals surface area contributed by atoms with Crippen molar-refractivity contribution in [1.82, 2.24) is 14.7 Å². The molecule has 0 bridgehead atoms. The van der Waals surface area contributed by atoms with Gasteiger partial charge in [-0.3, -0.25) is 19.3 Å². The van der Waals surface area contributed by atoms with Gasteiger partial charge in [-0.25, -0.2) is 0 Å². The fraction of sp³-hybridized carbons (Fsp3) is 0.850. The summed E-state index contributed by atoms with van der Waals surface area (Å²) in [6.07, 6.45) is 5.73. The van der Waals surface area contributed by atoms with Crippen molar-refractivity contribution in [2.75, 3.05) is 32.7 Å². The first-order chi connectivity index (χ1) is 12.8. The van der Waals surface area contributed by atoms with Crippen LogP contribution in [0.1, 0.15) is 59.3 Å². The van der Waals surface area contributed by atoms with Crippen molar-refractivity contribution in [2.24, 2.45) is 5.92 Å². The molecule has 2 heterocycles. The Bertz CT molecular complexity index is 531. The number of amides is 2. The second-order valence-electron chi connectivity index (χ2n) is 8.24. The zero-order valence-corrected chi connectivity index (χ0v) is 17.0. The lowest BCUT2D eigenvalue weighted by atomic mass is 9.98. The van der Waals surface area contributed by atoms with Crippen molar-refractivity contribution in [2.45, 2.75) is 71.4 Å². The fourth-order valence-electron chi connectivity index (χ4n) is 4.50. The normalized spacial score (nSPS) is 23.0. The summed E-state index contributed by atoms with van der Waals surface area (Å²) in [5.41, 5.74) is 0. The molecule has 2 rings (SSSR count). The standard InChI is InChI=1S/C20H35N3O4/c1-15(2)19(21-10-5-4-6-11-21)20(27)22-12-7-8-17(9-13-22)23(16(3)24)14-18(25)26/h15,17,19H,4-14H2,1-3H3,(H,25,26). The van der Waals surface area contributed by atoms with E-state index in [1.54, 1.807) is 0 Å². The van der Waals surface area contributed by atoms with Gasteiger partial charge in [-0.1, -0.05) is 20.3 Å². The number of aliphatic carboxylic acids is 1. The summed E-state index contributed by atoms with van der Waals surface area (Å²) in [6.45, 7) is 8.63. The van der Waals surface area contributed by atoms with Crippen LogP contribution < -0.4 is 0 Å². The van der Waals surface area contributed by atoms with Crippen molar-refractivity contribution in [3.8, 4) is 0 Å². The van der Waals surface area contributed by atoms with Crippen molar-refractivity contribution in [3.63, 3.8) is 0 Å². The molecular formula is C20H35N3O4. The number of nitrogens with zero attached hydrogens (tertiary/aromatic N) is 3. The highest BCUT2D eigenvalue weighted by Gasteiger charge is 2.35. The number of rotatable bonds is 6. The minimum atomic E-state index is -0.993. The van der Waals surface area contributed by atoms with Crippen LogP contribution in [0.2, 0.25) is 0 Å². The lowest BCUT2D eigenvalue weighted by Gasteiger charge is -2.38. The SMILES string of the molecule is CC(=O)N(CC(=O)O)C1CCCN(C(=O)C(C(C)C)N2CCCCC2)CC1. The molecular weight excluding hydrogens is 346 g/mol. The molecule has 2 amide bonds. The van der Waals surface area contributed by atoms with Gasteiger partial charge >= 0.3 is 5.97 Å². The number of carboxylic acids is 1. The van der Waals surface area contributed by atoms with Crippen LogP contribution in [0.3, 0.4) is 0 Å². The molecule has 0 aromatic carbocycles. The molecule has 154 valence electrons. The maximum atomic E-state index is 13.3. The van der Waals surface area contributed by atoms with Gasteiger partial charge in [0.15, 0.2) is 0 Å². The average molecular weight is 382 g/mol. The van der Waals surface area contributed by atoms with Crippen LogP contribution in [0.15, 0.2) is 0 Å². The summed E-state index contributed by atoms with van der Waals surface area (Å²) < 4.78 is 0. The molecule has 0 aromatic rings. The van der Waals surface area contributed by atoms with Crippen molar-refractivity contribution >= 4 is 17.8 Å². The molecule has 0 saturated carbocycles. The molecule has 0 aromatic heterocycles. The van der Waals surface area contributed by atoms with Crippen molar-refractivity contribution in [1.29, 1.82) is 0 Å². The first kappa shape index (κ1) is 21.7. The minimum absolute atomic E-state index is 0.0789. The van der Waals surface area contributed by atoms with Gasteiger partial charge in [-0.05, 0) is 51.1 Å². The highest BCUT2D eigenvalue weighted by atomic mass is 16.4. The van der Waals surface area contributed by atoms with Gasteiger partial charge < -0.3 is 14.9 Å². The minimum Gasteiger partial charge on any atom is -0.480 e. The molecule has 7 heteroatoms.